The van der Waals surface area contributed by atoms with E-state index in [9.17, 15) is 0 Å². The molecule has 3 nitrogen and oxygen atoms in total. The van der Waals surface area contributed by atoms with Crippen LogP contribution in [0.1, 0.15) is 32.1 Å². The summed E-state index contributed by atoms with van der Waals surface area (Å²) in [5.74, 6) is 1.44. The number of para-hydroxylation sites is 1. The molecule has 2 aromatic rings. The van der Waals surface area contributed by atoms with Crippen LogP contribution < -0.4 is 5.73 Å². The van der Waals surface area contributed by atoms with Gasteiger partial charge in [-0.2, -0.15) is 0 Å². The van der Waals surface area contributed by atoms with Gasteiger partial charge < -0.3 is 10.3 Å². The summed E-state index contributed by atoms with van der Waals surface area (Å²) in [5.41, 5.74) is 7.88. The molecule has 0 amide bonds. The SMILES string of the molecule is Nc1nc2c(Cl)cccc2n1CCC1CCCC1. The van der Waals surface area contributed by atoms with Gasteiger partial charge in [0.05, 0.1) is 10.5 Å². The molecule has 0 atom stereocenters. The molecule has 3 rings (SSSR count). The quantitative estimate of drug-likeness (QED) is 0.914. The molecule has 0 unspecified atom stereocenters. The third kappa shape index (κ3) is 2.07. The number of aryl methyl sites for hydroxylation is 1. The lowest BCUT2D eigenvalue weighted by molar-refractivity contribution is 0.464. The number of rotatable bonds is 3. The Morgan fingerprint density at radius 1 is 1.33 bits per heavy atom. The summed E-state index contributed by atoms with van der Waals surface area (Å²) in [7, 11) is 0. The zero-order valence-electron chi connectivity index (χ0n) is 10.4. The normalized spacial score (nSPS) is 16.7. The van der Waals surface area contributed by atoms with E-state index in [1.165, 1.54) is 32.1 Å². The molecule has 0 radical (unpaired) electrons. The molecule has 1 aliphatic carbocycles. The Labute approximate surface area is 112 Å². The Morgan fingerprint density at radius 2 is 2.11 bits per heavy atom. The maximum Gasteiger partial charge on any atom is 0.201 e. The van der Waals surface area contributed by atoms with Crippen molar-refractivity contribution in [2.75, 3.05) is 5.73 Å². The summed E-state index contributed by atoms with van der Waals surface area (Å²) in [6, 6.07) is 5.86. The third-order valence-electron chi connectivity index (χ3n) is 3.99. The molecule has 96 valence electrons. The van der Waals surface area contributed by atoms with Gasteiger partial charge in [0.25, 0.3) is 0 Å². The van der Waals surface area contributed by atoms with Crippen LogP contribution in [0.15, 0.2) is 18.2 Å². The number of nitrogens with two attached hydrogens (primary N) is 1. The van der Waals surface area contributed by atoms with Gasteiger partial charge >= 0.3 is 0 Å². The third-order valence-corrected chi connectivity index (χ3v) is 4.30. The average Bonchev–Trinajstić information content (AvgIpc) is 2.95. The molecule has 4 heteroatoms. The lowest BCUT2D eigenvalue weighted by Crippen LogP contribution is -2.06. The van der Waals surface area contributed by atoms with E-state index in [0.717, 1.165) is 23.5 Å². The van der Waals surface area contributed by atoms with E-state index in [0.29, 0.717) is 11.0 Å². The van der Waals surface area contributed by atoms with E-state index in [4.69, 9.17) is 17.3 Å². The number of imidazole rings is 1. The first-order valence-electron chi connectivity index (χ1n) is 6.66. The van der Waals surface area contributed by atoms with Gasteiger partial charge in [-0.05, 0) is 24.5 Å². The minimum Gasteiger partial charge on any atom is -0.369 e. The van der Waals surface area contributed by atoms with E-state index < -0.39 is 0 Å². The number of nitrogens with zero attached hydrogens (tertiary/aromatic N) is 2. The lowest BCUT2D eigenvalue weighted by atomic mass is 10.0. The highest BCUT2D eigenvalue weighted by molar-refractivity contribution is 6.35. The van der Waals surface area contributed by atoms with Gasteiger partial charge in [0.1, 0.15) is 5.52 Å². The van der Waals surface area contributed by atoms with Gasteiger partial charge in [0, 0.05) is 6.54 Å². The molecule has 0 aliphatic heterocycles. The van der Waals surface area contributed by atoms with Crippen molar-refractivity contribution in [3.63, 3.8) is 0 Å². The fraction of sp³-hybridized carbons (Fsp3) is 0.500. The topological polar surface area (TPSA) is 43.8 Å². The Kier molecular flexibility index (Phi) is 3.16. The molecule has 0 saturated heterocycles. The maximum atomic E-state index is 6.14. The van der Waals surface area contributed by atoms with E-state index in [-0.39, 0.29) is 0 Å². The zero-order chi connectivity index (χ0) is 12.5. The van der Waals surface area contributed by atoms with Crippen LogP contribution in [0.5, 0.6) is 0 Å². The van der Waals surface area contributed by atoms with E-state index in [2.05, 4.69) is 9.55 Å². The van der Waals surface area contributed by atoms with Gasteiger partial charge in [-0.25, -0.2) is 4.98 Å². The monoisotopic (exact) mass is 263 g/mol. The Balaban J connectivity index is 1.86. The highest BCUT2D eigenvalue weighted by Crippen LogP contribution is 2.30. The Hall–Kier alpha value is -1.22. The molecular formula is C14H18ClN3. The Bertz CT molecular complexity index is 555. The first kappa shape index (κ1) is 11.8. The fourth-order valence-corrected chi connectivity index (χ4v) is 3.19. The molecule has 1 aromatic heterocycles. The maximum absolute atomic E-state index is 6.14. The van der Waals surface area contributed by atoms with Crippen LogP contribution in [0.25, 0.3) is 11.0 Å². The smallest absolute Gasteiger partial charge is 0.201 e. The molecule has 18 heavy (non-hydrogen) atoms. The largest absolute Gasteiger partial charge is 0.369 e. The van der Waals surface area contributed by atoms with E-state index >= 15 is 0 Å². The first-order chi connectivity index (χ1) is 8.75. The summed E-state index contributed by atoms with van der Waals surface area (Å²) in [5, 5.41) is 0.679. The standard InChI is InChI=1S/C14H18ClN3/c15-11-6-3-7-12-13(11)17-14(16)18(12)9-8-10-4-1-2-5-10/h3,6-7,10H,1-2,4-5,8-9H2,(H2,16,17). The van der Waals surface area contributed by atoms with Crippen molar-refractivity contribution in [2.45, 2.75) is 38.6 Å². The summed E-state index contributed by atoms with van der Waals surface area (Å²) in [4.78, 5) is 4.37. The van der Waals surface area contributed by atoms with Crippen LogP contribution in [0, 0.1) is 5.92 Å². The molecule has 1 fully saturated rings. The minimum absolute atomic E-state index is 0.580. The average molecular weight is 264 g/mol. The van der Waals surface area contributed by atoms with Gasteiger partial charge in [0.15, 0.2) is 0 Å². The summed E-state index contributed by atoms with van der Waals surface area (Å²) in [6.45, 7) is 0.952. The van der Waals surface area contributed by atoms with Gasteiger partial charge in [-0.15, -0.1) is 0 Å². The second-order valence-corrected chi connectivity index (χ2v) is 5.58. The number of halogens is 1. The van der Waals surface area contributed by atoms with Gasteiger partial charge in [0.2, 0.25) is 5.95 Å². The summed E-state index contributed by atoms with van der Waals surface area (Å²) < 4.78 is 2.10. The zero-order valence-corrected chi connectivity index (χ0v) is 11.2. The number of nitrogen functional groups attached to an aromatic ring is 1. The van der Waals surface area contributed by atoms with Crippen LogP contribution in [-0.2, 0) is 6.54 Å². The van der Waals surface area contributed by atoms with Crippen LogP contribution in [0.3, 0.4) is 0 Å². The lowest BCUT2D eigenvalue weighted by Gasteiger charge is -2.11. The second-order valence-electron chi connectivity index (χ2n) is 5.17. The van der Waals surface area contributed by atoms with Crippen molar-refractivity contribution < 1.29 is 0 Å². The molecule has 2 N–H and O–H groups in total. The molecule has 1 aliphatic rings. The van der Waals surface area contributed by atoms with Crippen molar-refractivity contribution in [3.05, 3.63) is 23.2 Å². The van der Waals surface area contributed by atoms with Crippen molar-refractivity contribution in [1.29, 1.82) is 0 Å². The van der Waals surface area contributed by atoms with Gasteiger partial charge in [-0.1, -0.05) is 43.4 Å². The van der Waals surface area contributed by atoms with E-state index in [1.54, 1.807) is 0 Å². The second kappa shape index (κ2) is 4.81. The number of aromatic nitrogens is 2. The van der Waals surface area contributed by atoms with Crippen molar-refractivity contribution >= 4 is 28.6 Å². The minimum atomic E-state index is 0.580. The molecule has 1 aromatic carbocycles. The Morgan fingerprint density at radius 3 is 2.89 bits per heavy atom. The first-order valence-corrected chi connectivity index (χ1v) is 7.04. The van der Waals surface area contributed by atoms with Crippen LogP contribution >= 0.6 is 11.6 Å². The van der Waals surface area contributed by atoms with Crippen LogP contribution in [0.2, 0.25) is 5.02 Å². The van der Waals surface area contributed by atoms with Crippen LogP contribution in [0.4, 0.5) is 5.95 Å². The number of fused-ring (bicyclic) bond motifs is 1. The highest BCUT2D eigenvalue weighted by Gasteiger charge is 2.16. The van der Waals surface area contributed by atoms with Crippen molar-refractivity contribution in [3.8, 4) is 0 Å². The van der Waals surface area contributed by atoms with Crippen molar-refractivity contribution in [2.24, 2.45) is 5.92 Å². The van der Waals surface area contributed by atoms with E-state index in [1.807, 2.05) is 18.2 Å². The molecule has 0 spiro atoms. The molecule has 0 bridgehead atoms. The summed E-state index contributed by atoms with van der Waals surface area (Å²) >= 11 is 6.14. The number of hydrogen-bond donors (Lipinski definition) is 1. The summed E-state index contributed by atoms with van der Waals surface area (Å²) in [6.07, 6.45) is 6.70. The predicted molar refractivity (Wildman–Crippen MR) is 75.7 cm³/mol. The number of benzene rings is 1. The molecular weight excluding hydrogens is 246 g/mol. The molecule has 1 saturated carbocycles. The number of hydrogen-bond acceptors (Lipinski definition) is 2. The predicted octanol–water partition coefficient (Wildman–Crippen LogP) is 3.85. The molecule has 1 heterocycles. The van der Waals surface area contributed by atoms with Gasteiger partial charge in [-0.3, -0.25) is 0 Å². The fourth-order valence-electron chi connectivity index (χ4n) is 2.98. The van der Waals surface area contributed by atoms with Crippen molar-refractivity contribution in [1.82, 2.24) is 9.55 Å². The highest BCUT2D eigenvalue weighted by atomic mass is 35.5. The van der Waals surface area contributed by atoms with Crippen LogP contribution in [-0.4, -0.2) is 9.55 Å². The number of anilines is 1.